The summed E-state index contributed by atoms with van der Waals surface area (Å²) in [5, 5.41) is 13.7. The van der Waals surface area contributed by atoms with Crippen LogP contribution in [0, 0.1) is 6.92 Å². The van der Waals surface area contributed by atoms with Crippen LogP contribution in [-0.2, 0) is 13.1 Å². The van der Waals surface area contributed by atoms with E-state index < -0.39 is 0 Å². The number of aromatic nitrogens is 2. The number of amides is 1. The van der Waals surface area contributed by atoms with Crippen LogP contribution in [0.25, 0.3) is 0 Å². The van der Waals surface area contributed by atoms with E-state index in [1.54, 1.807) is 18.7 Å². The largest absolute Gasteiger partial charge is 0.472 e. The first-order valence-corrected chi connectivity index (χ1v) is 8.81. The maximum Gasteiger partial charge on any atom is 0.257 e. The molecule has 1 amide bonds. The van der Waals surface area contributed by atoms with E-state index in [1.807, 2.05) is 29.5 Å². The average Bonchev–Trinajstić information content (AvgIpc) is 3.25. The van der Waals surface area contributed by atoms with Gasteiger partial charge in [0, 0.05) is 56.6 Å². The standard InChI is InChI=1S/C18H26N4O3/c1-3-22-14(2)17(10-19-22)18(24)21-7-6-20(16(12-21)4-8-23)11-15-5-9-25-13-15/h5,9-10,13,16,23H,3-4,6-8,11-12H2,1-2H3/t16-/m0/s1. The van der Waals surface area contributed by atoms with Crippen molar-refractivity contribution in [3.8, 4) is 0 Å². The minimum Gasteiger partial charge on any atom is -0.472 e. The van der Waals surface area contributed by atoms with E-state index in [4.69, 9.17) is 4.42 Å². The first kappa shape index (κ1) is 17.7. The van der Waals surface area contributed by atoms with Gasteiger partial charge in [0.1, 0.15) is 0 Å². The van der Waals surface area contributed by atoms with E-state index in [2.05, 4.69) is 10.00 Å². The van der Waals surface area contributed by atoms with Crippen LogP contribution in [0.15, 0.2) is 29.2 Å². The molecule has 0 aromatic carbocycles. The third-order valence-electron chi connectivity index (χ3n) is 4.95. The molecule has 1 fully saturated rings. The number of rotatable bonds is 6. The van der Waals surface area contributed by atoms with Crippen LogP contribution in [-0.4, -0.2) is 62.9 Å². The summed E-state index contributed by atoms with van der Waals surface area (Å²) in [6.07, 6.45) is 5.73. The van der Waals surface area contributed by atoms with Crippen molar-refractivity contribution in [3.05, 3.63) is 41.6 Å². The molecular formula is C18H26N4O3. The number of carbonyl (C=O) groups is 1. The first-order chi connectivity index (χ1) is 12.1. The average molecular weight is 346 g/mol. The van der Waals surface area contributed by atoms with Crippen molar-refractivity contribution in [1.29, 1.82) is 0 Å². The highest BCUT2D eigenvalue weighted by Gasteiger charge is 2.31. The third kappa shape index (κ3) is 3.77. The maximum absolute atomic E-state index is 12.9. The molecule has 1 aliphatic heterocycles. The maximum atomic E-state index is 12.9. The Morgan fingerprint density at radius 3 is 2.92 bits per heavy atom. The molecule has 3 rings (SSSR count). The van der Waals surface area contributed by atoms with Gasteiger partial charge in [-0.25, -0.2) is 0 Å². The van der Waals surface area contributed by atoms with E-state index in [9.17, 15) is 9.90 Å². The molecule has 0 bridgehead atoms. The Kier molecular flexibility index (Phi) is 5.55. The van der Waals surface area contributed by atoms with Gasteiger partial charge < -0.3 is 14.4 Å². The van der Waals surface area contributed by atoms with E-state index >= 15 is 0 Å². The Balaban J connectivity index is 1.70. The van der Waals surface area contributed by atoms with Gasteiger partial charge >= 0.3 is 0 Å². The molecule has 0 radical (unpaired) electrons. The van der Waals surface area contributed by atoms with Crippen LogP contribution in [0.1, 0.15) is 35.0 Å². The van der Waals surface area contributed by atoms with Crippen molar-refractivity contribution in [2.45, 2.75) is 39.4 Å². The number of hydrogen-bond donors (Lipinski definition) is 1. The van der Waals surface area contributed by atoms with Crippen molar-refractivity contribution in [2.24, 2.45) is 0 Å². The number of hydrogen-bond acceptors (Lipinski definition) is 5. The zero-order valence-electron chi connectivity index (χ0n) is 14.9. The van der Waals surface area contributed by atoms with Crippen LogP contribution in [0.2, 0.25) is 0 Å². The first-order valence-electron chi connectivity index (χ1n) is 8.81. The molecule has 136 valence electrons. The van der Waals surface area contributed by atoms with Gasteiger partial charge in [0.05, 0.1) is 24.3 Å². The van der Waals surface area contributed by atoms with Crippen molar-refractivity contribution in [1.82, 2.24) is 19.6 Å². The minimum absolute atomic E-state index is 0.0306. The molecule has 2 aromatic rings. The Bertz CT molecular complexity index is 695. The highest BCUT2D eigenvalue weighted by Crippen LogP contribution is 2.19. The normalized spacial score (nSPS) is 18.7. The number of furan rings is 1. The van der Waals surface area contributed by atoms with Crippen LogP contribution >= 0.6 is 0 Å². The van der Waals surface area contributed by atoms with Gasteiger partial charge in [-0.2, -0.15) is 5.10 Å². The number of piperazine rings is 1. The monoisotopic (exact) mass is 346 g/mol. The molecule has 0 saturated carbocycles. The number of aryl methyl sites for hydroxylation is 1. The predicted molar refractivity (Wildman–Crippen MR) is 93.2 cm³/mol. The molecule has 0 aliphatic carbocycles. The lowest BCUT2D eigenvalue weighted by molar-refractivity contribution is 0.0394. The van der Waals surface area contributed by atoms with Gasteiger partial charge in [-0.1, -0.05) is 0 Å². The van der Waals surface area contributed by atoms with Crippen molar-refractivity contribution < 1.29 is 14.3 Å². The second kappa shape index (κ2) is 7.84. The second-order valence-electron chi connectivity index (χ2n) is 6.48. The zero-order chi connectivity index (χ0) is 17.8. The molecule has 7 heteroatoms. The molecule has 3 heterocycles. The minimum atomic E-state index is 0.0306. The summed E-state index contributed by atoms with van der Waals surface area (Å²) in [5.74, 6) is 0.0306. The number of carbonyl (C=O) groups excluding carboxylic acids is 1. The lowest BCUT2D eigenvalue weighted by Crippen LogP contribution is -2.54. The number of aliphatic hydroxyl groups is 1. The molecule has 25 heavy (non-hydrogen) atoms. The van der Waals surface area contributed by atoms with Crippen molar-refractivity contribution in [3.63, 3.8) is 0 Å². The molecule has 2 aromatic heterocycles. The molecule has 1 aliphatic rings. The van der Waals surface area contributed by atoms with Crippen molar-refractivity contribution in [2.75, 3.05) is 26.2 Å². The number of aliphatic hydroxyl groups excluding tert-OH is 1. The summed E-state index contributed by atoms with van der Waals surface area (Å²) in [6.45, 7) is 7.66. The van der Waals surface area contributed by atoms with Gasteiger partial charge in [-0.15, -0.1) is 0 Å². The summed E-state index contributed by atoms with van der Waals surface area (Å²) in [6, 6.07) is 2.09. The summed E-state index contributed by atoms with van der Waals surface area (Å²) < 4.78 is 6.99. The molecule has 1 saturated heterocycles. The van der Waals surface area contributed by atoms with Gasteiger partial charge in [0.15, 0.2) is 0 Å². The molecule has 1 atom stereocenters. The fourth-order valence-corrected chi connectivity index (χ4v) is 3.47. The zero-order valence-corrected chi connectivity index (χ0v) is 14.9. The predicted octanol–water partition coefficient (Wildman–Crippen LogP) is 1.51. The molecule has 0 spiro atoms. The Morgan fingerprint density at radius 1 is 1.44 bits per heavy atom. The Hall–Kier alpha value is -2.12. The molecule has 7 nitrogen and oxygen atoms in total. The summed E-state index contributed by atoms with van der Waals surface area (Å²) in [4.78, 5) is 17.1. The van der Waals surface area contributed by atoms with Crippen LogP contribution in [0.3, 0.4) is 0 Å². The van der Waals surface area contributed by atoms with Crippen LogP contribution in [0.5, 0.6) is 0 Å². The van der Waals surface area contributed by atoms with E-state index in [1.165, 1.54) is 0 Å². The Labute approximate surface area is 147 Å². The fraction of sp³-hybridized carbons (Fsp3) is 0.556. The summed E-state index contributed by atoms with van der Waals surface area (Å²) in [5.41, 5.74) is 2.70. The van der Waals surface area contributed by atoms with E-state index in [0.717, 1.165) is 30.9 Å². The van der Waals surface area contributed by atoms with E-state index in [0.29, 0.717) is 25.1 Å². The summed E-state index contributed by atoms with van der Waals surface area (Å²) >= 11 is 0. The van der Waals surface area contributed by atoms with Crippen LogP contribution in [0.4, 0.5) is 0 Å². The van der Waals surface area contributed by atoms with Crippen LogP contribution < -0.4 is 0 Å². The smallest absolute Gasteiger partial charge is 0.257 e. The van der Waals surface area contributed by atoms with Gasteiger partial charge in [0.25, 0.3) is 5.91 Å². The second-order valence-corrected chi connectivity index (χ2v) is 6.48. The van der Waals surface area contributed by atoms with Gasteiger partial charge in [0.2, 0.25) is 0 Å². The van der Waals surface area contributed by atoms with Gasteiger partial charge in [-0.3, -0.25) is 14.4 Å². The number of nitrogens with zero attached hydrogens (tertiary/aromatic N) is 4. The Morgan fingerprint density at radius 2 is 2.28 bits per heavy atom. The highest BCUT2D eigenvalue weighted by atomic mass is 16.3. The quantitative estimate of drug-likeness (QED) is 0.858. The SMILES string of the molecule is CCn1ncc(C(=O)N2CCN(Cc3ccoc3)[C@@H](CCO)C2)c1C. The fourth-order valence-electron chi connectivity index (χ4n) is 3.47. The van der Waals surface area contributed by atoms with Crippen molar-refractivity contribution >= 4 is 5.91 Å². The molecule has 1 N–H and O–H groups in total. The molecule has 0 unspecified atom stereocenters. The van der Waals surface area contributed by atoms with E-state index in [-0.39, 0.29) is 18.6 Å². The lowest BCUT2D eigenvalue weighted by atomic mass is 10.1. The third-order valence-corrected chi connectivity index (χ3v) is 4.95. The topological polar surface area (TPSA) is 74.7 Å². The van der Waals surface area contributed by atoms with Gasteiger partial charge in [-0.05, 0) is 26.3 Å². The summed E-state index contributed by atoms with van der Waals surface area (Å²) in [7, 11) is 0. The molecular weight excluding hydrogens is 320 g/mol. The lowest BCUT2D eigenvalue weighted by Gasteiger charge is -2.41. The highest BCUT2D eigenvalue weighted by molar-refractivity contribution is 5.95.